The zero-order valence-corrected chi connectivity index (χ0v) is 18.5. The van der Waals surface area contributed by atoms with E-state index < -0.39 is 0 Å². The van der Waals surface area contributed by atoms with Gasteiger partial charge in [0, 0.05) is 0 Å². The number of likely N-dealkylation sites (N-methyl/N-ethyl adjacent to an activating group) is 1. The fourth-order valence-electron chi connectivity index (χ4n) is 3.74. The Morgan fingerprint density at radius 1 is 0.667 bits per heavy atom. The van der Waals surface area contributed by atoms with Gasteiger partial charge >= 0.3 is 0 Å². The van der Waals surface area contributed by atoms with Gasteiger partial charge in [-0.15, -0.1) is 0 Å². The average molecular weight is 360 g/mol. The maximum atomic E-state index is 5.96. The van der Waals surface area contributed by atoms with Crippen molar-refractivity contribution in [2.75, 3.05) is 27.7 Å². The summed E-state index contributed by atoms with van der Waals surface area (Å²) in [5.41, 5.74) is 0.00461. The summed E-state index contributed by atoms with van der Waals surface area (Å²) in [6, 6.07) is 0. The minimum absolute atomic E-state index is 0.00461. The molecule has 0 rings (SSSR count). The average Bonchev–Trinajstić information content (AvgIpc) is 2.52. The summed E-state index contributed by atoms with van der Waals surface area (Å²) in [7, 11) is 10.3. The minimum Gasteiger partial charge on any atom is -0.552 e. The predicted octanol–water partition coefficient (Wildman–Crippen LogP) is 7.01. The van der Waals surface area contributed by atoms with E-state index in [9.17, 15) is 0 Å². The van der Waals surface area contributed by atoms with Crippen molar-refractivity contribution >= 4 is 9.47 Å². The molecule has 0 fully saturated rings. The van der Waals surface area contributed by atoms with Crippen molar-refractivity contribution in [1.82, 2.24) is 0 Å². The fourth-order valence-corrected chi connectivity index (χ4v) is 4.01. The van der Waals surface area contributed by atoms with Gasteiger partial charge in [0.25, 0.3) is 0 Å². The van der Waals surface area contributed by atoms with Crippen LogP contribution in [0, 0.1) is 0 Å². The van der Waals surface area contributed by atoms with Crippen LogP contribution in [0.1, 0.15) is 104 Å². The summed E-state index contributed by atoms with van der Waals surface area (Å²) in [6.45, 7) is 5.65. The summed E-state index contributed by atoms with van der Waals surface area (Å²) in [6.07, 6.45) is 18.6. The third-order valence-corrected chi connectivity index (χ3v) is 5.38. The van der Waals surface area contributed by atoms with E-state index in [-0.39, 0.29) is 5.60 Å². The first-order chi connectivity index (χ1) is 11.4. The maximum Gasteiger partial charge on any atom is 0.105 e. The maximum absolute atomic E-state index is 5.96. The molecule has 3 heteroatoms. The normalized spacial score (nSPS) is 12.8. The Morgan fingerprint density at radius 3 is 1.38 bits per heavy atom. The van der Waals surface area contributed by atoms with Crippen molar-refractivity contribution in [2.24, 2.45) is 0 Å². The summed E-state index contributed by atoms with van der Waals surface area (Å²) in [5.74, 6) is 0. The van der Waals surface area contributed by atoms with Crippen LogP contribution >= 0.6 is 9.47 Å². The lowest BCUT2D eigenvalue weighted by molar-refractivity contribution is -0.876. The van der Waals surface area contributed by atoms with Crippen molar-refractivity contribution in [1.29, 1.82) is 0 Å². The van der Waals surface area contributed by atoms with E-state index in [0.29, 0.717) is 0 Å². The van der Waals surface area contributed by atoms with E-state index in [1.165, 1.54) is 89.9 Å². The Kier molecular flexibility index (Phi) is 14.7. The van der Waals surface area contributed by atoms with Crippen LogP contribution in [-0.4, -0.2) is 37.8 Å². The third-order valence-electron chi connectivity index (χ3n) is 4.95. The van der Waals surface area contributed by atoms with Gasteiger partial charge in [-0.3, -0.25) is 0 Å². The highest BCUT2D eigenvalue weighted by atomic mass is 31.0. The second-order valence-corrected chi connectivity index (χ2v) is 8.97. The van der Waals surface area contributed by atoms with Gasteiger partial charge in [-0.2, -0.15) is 0 Å². The lowest BCUT2D eigenvalue weighted by Crippen LogP contribution is -2.49. The molecule has 0 spiro atoms. The zero-order valence-electron chi connectivity index (χ0n) is 17.5. The fraction of sp³-hybridized carbons (Fsp3) is 1.00. The Morgan fingerprint density at radius 2 is 1.04 bits per heavy atom. The van der Waals surface area contributed by atoms with Crippen LogP contribution in [0.4, 0.5) is 0 Å². The van der Waals surface area contributed by atoms with Crippen LogP contribution in [0.2, 0.25) is 0 Å². The molecule has 0 saturated carbocycles. The second kappa shape index (κ2) is 14.5. The van der Waals surface area contributed by atoms with Gasteiger partial charge in [-0.25, -0.2) is 0 Å². The van der Waals surface area contributed by atoms with E-state index >= 15 is 0 Å². The van der Waals surface area contributed by atoms with Crippen molar-refractivity contribution in [3.05, 3.63) is 0 Å². The van der Waals surface area contributed by atoms with Gasteiger partial charge in [-0.05, 0) is 12.8 Å². The molecule has 0 aliphatic rings. The molecule has 0 aromatic rings. The first kappa shape index (κ1) is 24.4. The molecule has 0 amide bonds. The number of hydrogen-bond donors (Lipinski definition) is 0. The van der Waals surface area contributed by atoms with Gasteiger partial charge in [0.05, 0.1) is 26.7 Å². The molecule has 0 saturated heterocycles. The van der Waals surface area contributed by atoms with Gasteiger partial charge in [0.1, 0.15) is 6.54 Å². The first-order valence-electron chi connectivity index (χ1n) is 10.5. The molecular weight excluding hydrogens is 313 g/mol. The second-order valence-electron chi connectivity index (χ2n) is 8.77. The highest BCUT2D eigenvalue weighted by Crippen LogP contribution is 2.31. The standard InChI is InChI=1S/C21H46NOP/c1-6-8-10-12-14-16-18-21(23-24,20-22(3,4)5)19-17-15-13-11-9-7-2/h24H,6-20H2,1-5H3. The topological polar surface area (TPSA) is 9.23 Å². The summed E-state index contributed by atoms with van der Waals surface area (Å²) < 4.78 is 6.93. The smallest absolute Gasteiger partial charge is 0.105 e. The van der Waals surface area contributed by atoms with Gasteiger partial charge in [0.15, 0.2) is 0 Å². The van der Waals surface area contributed by atoms with Crippen LogP contribution in [-0.2, 0) is 4.52 Å². The summed E-state index contributed by atoms with van der Waals surface area (Å²) in [4.78, 5) is 0. The molecule has 0 atom stereocenters. The van der Waals surface area contributed by atoms with E-state index in [0.717, 1.165) is 11.0 Å². The van der Waals surface area contributed by atoms with E-state index in [1.54, 1.807) is 0 Å². The number of hydrogen-bond acceptors (Lipinski definition) is 1. The lowest BCUT2D eigenvalue weighted by Gasteiger charge is -2.42. The number of quaternary nitrogens is 1. The highest BCUT2D eigenvalue weighted by molar-refractivity contribution is 7.09. The molecule has 0 aromatic heterocycles. The van der Waals surface area contributed by atoms with Crippen LogP contribution in [0.5, 0.6) is 0 Å². The largest absolute Gasteiger partial charge is 0.552 e. The lowest BCUT2D eigenvalue weighted by atomic mass is 9.88. The third kappa shape index (κ3) is 13.6. The Labute approximate surface area is 156 Å². The quantitative estimate of drug-likeness (QED) is 0.154. The van der Waals surface area contributed by atoms with E-state index in [4.69, 9.17) is 4.52 Å². The molecule has 24 heavy (non-hydrogen) atoms. The molecular formula is C21H46NOP. The number of unbranched alkanes of at least 4 members (excludes halogenated alkanes) is 10. The molecule has 0 heterocycles. The Bertz CT molecular complexity index is 260. The van der Waals surface area contributed by atoms with Gasteiger partial charge in [0.2, 0.25) is 0 Å². The molecule has 146 valence electrons. The van der Waals surface area contributed by atoms with Crippen LogP contribution in [0.25, 0.3) is 0 Å². The van der Waals surface area contributed by atoms with Gasteiger partial charge < -0.3 is 18.5 Å². The van der Waals surface area contributed by atoms with Crippen molar-refractivity contribution < 1.29 is 9.01 Å². The summed E-state index contributed by atoms with van der Waals surface area (Å²) >= 11 is 0. The number of rotatable bonds is 17. The van der Waals surface area contributed by atoms with Crippen molar-refractivity contribution in [3.63, 3.8) is 0 Å². The minimum atomic E-state index is 0.00461. The van der Waals surface area contributed by atoms with Crippen molar-refractivity contribution in [2.45, 2.75) is 109 Å². The molecule has 0 aliphatic heterocycles. The molecule has 2 nitrogen and oxygen atoms in total. The molecule has 0 aromatic carbocycles. The van der Waals surface area contributed by atoms with E-state index in [2.05, 4.69) is 44.5 Å². The van der Waals surface area contributed by atoms with Crippen LogP contribution in [0.15, 0.2) is 0 Å². The SMILES string of the molecule is CCCCCCCCC(CCCCCCCC)(C[N+](C)(C)C)O[PH-]. The molecule has 0 radical (unpaired) electrons. The van der Waals surface area contributed by atoms with Crippen LogP contribution in [0.3, 0.4) is 0 Å². The molecule has 0 N–H and O–H groups in total. The van der Waals surface area contributed by atoms with E-state index in [1.807, 2.05) is 0 Å². The van der Waals surface area contributed by atoms with Crippen LogP contribution < -0.4 is 0 Å². The van der Waals surface area contributed by atoms with Gasteiger partial charge in [-0.1, -0.05) is 90.9 Å². The number of nitrogens with zero attached hydrogens (tertiary/aromatic N) is 1. The Hall–Kier alpha value is 0.350. The predicted molar refractivity (Wildman–Crippen MR) is 111 cm³/mol. The summed E-state index contributed by atoms with van der Waals surface area (Å²) in [5, 5.41) is 0. The zero-order chi connectivity index (χ0) is 18.3. The highest BCUT2D eigenvalue weighted by Gasteiger charge is 2.32. The first-order valence-corrected chi connectivity index (χ1v) is 10.9. The van der Waals surface area contributed by atoms with Crippen molar-refractivity contribution in [3.8, 4) is 0 Å². The monoisotopic (exact) mass is 359 g/mol. The molecule has 0 aliphatic carbocycles. The molecule has 0 unspecified atom stereocenters. The molecule has 0 bridgehead atoms. The Balaban J connectivity index is 4.31.